The molecule has 4 heterocycles. The molecule has 0 bridgehead atoms. The highest BCUT2D eigenvalue weighted by Gasteiger charge is 2.27. The Morgan fingerprint density at radius 2 is 2.10 bits per heavy atom. The van der Waals surface area contributed by atoms with E-state index in [1.165, 1.54) is 0 Å². The minimum Gasteiger partial charge on any atom is -0.454 e. The summed E-state index contributed by atoms with van der Waals surface area (Å²) in [5.74, 6) is 4.06. The van der Waals surface area contributed by atoms with Crippen molar-refractivity contribution < 1.29 is 14.0 Å². The lowest BCUT2D eigenvalue weighted by molar-refractivity contribution is 0.172. The van der Waals surface area contributed by atoms with Gasteiger partial charge in [-0.05, 0) is 51.4 Å². The molecule has 0 N–H and O–H groups in total. The molecule has 1 aromatic carbocycles. The average Bonchev–Trinajstić information content (AvgIpc) is 3.47. The zero-order valence-corrected chi connectivity index (χ0v) is 16.6. The van der Waals surface area contributed by atoms with Crippen molar-refractivity contribution in [1.29, 1.82) is 0 Å². The Morgan fingerprint density at radius 1 is 1.21 bits per heavy atom. The van der Waals surface area contributed by atoms with E-state index in [9.17, 15) is 0 Å². The van der Waals surface area contributed by atoms with Crippen LogP contribution in [0, 0.1) is 0 Å². The zero-order valence-electron chi connectivity index (χ0n) is 16.6. The first-order valence-corrected chi connectivity index (χ1v) is 10.0. The second kappa shape index (κ2) is 7.47. The van der Waals surface area contributed by atoms with Gasteiger partial charge in [0.1, 0.15) is 12.2 Å². The third-order valence-electron chi connectivity index (χ3n) is 5.49. The van der Waals surface area contributed by atoms with Crippen molar-refractivity contribution in [1.82, 2.24) is 29.8 Å². The number of hydrogen-bond donors (Lipinski definition) is 0. The molecule has 1 fully saturated rings. The molecule has 9 heteroatoms. The molecule has 0 saturated carbocycles. The van der Waals surface area contributed by atoms with Crippen LogP contribution in [0.4, 0.5) is 0 Å². The zero-order chi connectivity index (χ0) is 19.8. The Hall–Kier alpha value is -2.94. The Kier molecular flexibility index (Phi) is 4.67. The quantitative estimate of drug-likeness (QED) is 0.650. The van der Waals surface area contributed by atoms with E-state index in [-0.39, 0.29) is 6.79 Å². The Balaban J connectivity index is 1.28. The molecule has 2 aromatic heterocycles. The SMILES string of the molecule is CC(C)n1cnnc1[C@@H]1CCCN(Cc2nc(-c3ccc4c(c3)OCO4)no2)C1. The highest BCUT2D eigenvalue weighted by Crippen LogP contribution is 2.35. The summed E-state index contributed by atoms with van der Waals surface area (Å²) in [5, 5.41) is 12.7. The highest BCUT2D eigenvalue weighted by molar-refractivity contribution is 5.61. The minimum absolute atomic E-state index is 0.247. The number of rotatable bonds is 5. The van der Waals surface area contributed by atoms with E-state index in [2.05, 4.69) is 43.7 Å². The summed E-state index contributed by atoms with van der Waals surface area (Å²) in [7, 11) is 0. The van der Waals surface area contributed by atoms with Gasteiger partial charge >= 0.3 is 0 Å². The fourth-order valence-electron chi connectivity index (χ4n) is 4.01. The van der Waals surface area contributed by atoms with Gasteiger partial charge in [-0.3, -0.25) is 4.90 Å². The van der Waals surface area contributed by atoms with Gasteiger partial charge in [-0.2, -0.15) is 4.98 Å². The lowest BCUT2D eigenvalue weighted by Gasteiger charge is -2.31. The van der Waals surface area contributed by atoms with E-state index in [1.807, 2.05) is 24.5 Å². The highest BCUT2D eigenvalue weighted by atomic mass is 16.7. The van der Waals surface area contributed by atoms with Gasteiger partial charge in [-0.1, -0.05) is 5.16 Å². The van der Waals surface area contributed by atoms with Crippen LogP contribution in [-0.4, -0.2) is 49.7 Å². The molecule has 0 aliphatic carbocycles. The molecule has 1 atom stereocenters. The molecule has 1 saturated heterocycles. The molecule has 0 amide bonds. The van der Waals surface area contributed by atoms with E-state index in [1.54, 1.807) is 0 Å². The fraction of sp³-hybridized carbons (Fsp3) is 0.500. The first-order valence-electron chi connectivity index (χ1n) is 10.0. The average molecular weight is 396 g/mol. The number of fused-ring (bicyclic) bond motifs is 1. The molecular weight excluding hydrogens is 372 g/mol. The summed E-state index contributed by atoms with van der Waals surface area (Å²) in [6.45, 7) is 7.11. The van der Waals surface area contributed by atoms with Crippen LogP contribution in [0.5, 0.6) is 11.5 Å². The monoisotopic (exact) mass is 396 g/mol. The van der Waals surface area contributed by atoms with Crippen molar-refractivity contribution >= 4 is 0 Å². The fourth-order valence-corrected chi connectivity index (χ4v) is 4.01. The van der Waals surface area contributed by atoms with E-state index < -0.39 is 0 Å². The van der Waals surface area contributed by atoms with Crippen molar-refractivity contribution in [2.24, 2.45) is 0 Å². The Labute approximate surface area is 168 Å². The summed E-state index contributed by atoms with van der Waals surface area (Å²) < 4.78 is 18.5. The van der Waals surface area contributed by atoms with Crippen molar-refractivity contribution in [2.45, 2.75) is 45.2 Å². The molecule has 3 aromatic rings. The molecule has 0 spiro atoms. The number of benzene rings is 1. The van der Waals surface area contributed by atoms with E-state index in [0.717, 1.165) is 43.1 Å². The first-order chi connectivity index (χ1) is 14.2. The predicted octanol–water partition coefficient (Wildman–Crippen LogP) is 3.02. The number of nitrogens with zero attached hydrogens (tertiary/aromatic N) is 6. The largest absolute Gasteiger partial charge is 0.454 e. The van der Waals surface area contributed by atoms with Gasteiger partial charge in [0.2, 0.25) is 18.5 Å². The molecule has 29 heavy (non-hydrogen) atoms. The Bertz CT molecular complexity index is 998. The number of ether oxygens (including phenoxy) is 2. The Morgan fingerprint density at radius 3 is 3.00 bits per heavy atom. The number of likely N-dealkylation sites (tertiary alicyclic amines) is 1. The standard InChI is InChI=1S/C20H24N6O3/c1-13(2)26-11-21-23-20(26)15-4-3-7-25(9-15)10-18-22-19(24-29-18)14-5-6-16-17(8-14)28-12-27-16/h5-6,8,11,13,15H,3-4,7,9-10,12H2,1-2H3/t15-/m1/s1. The molecule has 0 unspecified atom stereocenters. The van der Waals surface area contributed by atoms with E-state index >= 15 is 0 Å². The summed E-state index contributed by atoms with van der Waals surface area (Å²) in [5.41, 5.74) is 0.853. The van der Waals surface area contributed by atoms with E-state index in [4.69, 9.17) is 14.0 Å². The maximum Gasteiger partial charge on any atom is 0.241 e. The van der Waals surface area contributed by atoms with Gasteiger partial charge < -0.3 is 18.6 Å². The predicted molar refractivity (Wildman–Crippen MR) is 104 cm³/mol. The van der Waals surface area contributed by atoms with Gasteiger partial charge in [0.05, 0.1) is 6.54 Å². The number of hydrogen-bond acceptors (Lipinski definition) is 8. The van der Waals surface area contributed by atoms with Gasteiger partial charge in [-0.25, -0.2) is 0 Å². The second-order valence-corrected chi connectivity index (χ2v) is 7.84. The van der Waals surface area contributed by atoms with Gasteiger partial charge in [0, 0.05) is 24.1 Å². The summed E-state index contributed by atoms with van der Waals surface area (Å²) >= 11 is 0. The molecule has 152 valence electrons. The first kappa shape index (κ1) is 18.1. The smallest absolute Gasteiger partial charge is 0.241 e. The maximum absolute atomic E-state index is 5.52. The van der Waals surface area contributed by atoms with Crippen LogP contribution in [0.1, 0.15) is 50.4 Å². The molecule has 2 aliphatic heterocycles. The molecule has 2 aliphatic rings. The molecule has 0 radical (unpaired) electrons. The van der Waals surface area contributed by atoms with Crippen LogP contribution in [0.25, 0.3) is 11.4 Å². The lowest BCUT2D eigenvalue weighted by Crippen LogP contribution is -2.35. The van der Waals surface area contributed by atoms with Crippen LogP contribution >= 0.6 is 0 Å². The summed E-state index contributed by atoms with van der Waals surface area (Å²) in [6.07, 6.45) is 4.06. The number of piperidine rings is 1. The third-order valence-corrected chi connectivity index (χ3v) is 5.49. The molecular formula is C20H24N6O3. The van der Waals surface area contributed by atoms with Crippen LogP contribution in [-0.2, 0) is 6.54 Å². The van der Waals surface area contributed by atoms with Crippen molar-refractivity contribution in [2.75, 3.05) is 19.9 Å². The second-order valence-electron chi connectivity index (χ2n) is 7.84. The molecule has 9 nitrogen and oxygen atoms in total. The molecule has 5 rings (SSSR count). The van der Waals surface area contributed by atoms with Gasteiger partial charge in [0.15, 0.2) is 11.5 Å². The van der Waals surface area contributed by atoms with Crippen molar-refractivity contribution in [3.63, 3.8) is 0 Å². The van der Waals surface area contributed by atoms with Crippen LogP contribution in [0.3, 0.4) is 0 Å². The summed E-state index contributed by atoms with van der Waals surface area (Å²) in [4.78, 5) is 6.94. The van der Waals surface area contributed by atoms with Crippen LogP contribution < -0.4 is 9.47 Å². The van der Waals surface area contributed by atoms with Crippen molar-refractivity contribution in [3.05, 3.63) is 36.2 Å². The minimum atomic E-state index is 0.247. The third kappa shape index (κ3) is 3.57. The van der Waals surface area contributed by atoms with Crippen molar-refractivity contribution in [3.8, 4) is 22.9 Å². The maximum atomic E-state index is 5.52. The normalized spacial score (nSPS) is 19.2. The van der Waals surface area contributed by atoms with Gasteiger partial charge in [-0.15, -0.1) is 10.2 Å². The lowest BCUT2D eigenvalue weighted by atomic mass is 9.97. The van der Waals surface area contributed by atoms with Gasteiger partial charge in [0.25, 0.3) is 0 Å². The number of aromatic nitrogens is 5. The summed E-state index contributed by atoms with van der Waals surface area (Å²) in [6, 6.07) is 6.02. The van der Waals surface area contributed by atoms with E-state index in [0.29, 0.717) is 36.0 Å². The van der Waals surface area contributed by atoms with Crippen LogP contribution in [0.2, 0.25) is 0 Å². The topological polar surface area (TPSA) is 91.3 Å². The van der Waals surface area contributed by atoms with Crippen LogP contribution in [0.15, 0.2) is 29.0 Å².